The fourth-order valence-corrected chi connectivity index (χ4v) is 10.9. The summed E-state index contributed by atoms with van der Waals surface area (Å²) < 4.78 is 78.0. The second kappa shape index (κ2) is 33.2. The molecular formula is C74H94O12. The maximum Gasteiger partial charge on any atom is 0.123 e. The van der Waals surface area contributed by atoms with Gasteiger partial charge in [0.15, 0.2) is 0 Å². The van der Waals surface area contributed by atoms with Crippen LogP contribution in [0.3, 0.4) is 0 Å². The molecule has 0 unspecified atom stereocenters. The van der Waals surface area contributed by atoms with E-state index in [4.69, 9.17) is 56.8 Å². The molecule has 0 aliphatic heterocycles. The van der Waals surface area contributed by atoms with Gasteiger partial charge in [0.1, 0.15) is 69.0 Å². The quantitative estimate of drug-likeness (QED) is 0.0574. The molecule has 0 aromatic heterocycles. The fourth-order valence-electron chi connectivity index (χ4n) is 10.9. The average molecular weight is 1180 g/mol. The lowest BCUT2D eigenvalue weighted by atomic mass is 9.92. The standard InChI is InChI=1S/C66H84O12.C8H10/c1-13-67-55-31-44-26-46-34-60(72-18-6)48(36-59(46)71-17-5)28-50-38-64(76-22-10)52(40-63(50)75-21-9)30-54-42-65(77-23-11)53(41-66(54)78-24-12)29-51-39-61(73-19-7)49(37-62(51)74-20-8)27-47-35-57(69-15-3)45(33-58(47)70-16-4)25-43(55)32-56(44)68-14-2;1-7-3-5-8(2)6-4-7/h31-42H,13-30H2,1-12H3;3-6H,1-2H3. The van der Waals surface area contributed by atoms with E-state index in [0.29, 0.717) is 118 Å². The molecular weight excluding hydrogens is 1080 g/mol. The molecule has 0 saturated carbocycles. The van der Waals surface area contributed by atoms with Gasteiger partial charge in [0.25, 0.3) is 0 Å². The summed E-state index contributed by atoms with van der Waals surface area (Å²) in [6.07, 6.45) is 2.99. The zero-order chi connectivity index (χ0) is 61.5. The summed E-state index contributed by atoms with van der Waals surface area (Å²) in [6.45, 7) is 34.0. The second-order valence-corrected chi connectivity index (χ2v) is 20.8. The van der Waals surface area contributed by atoms with Crippen molar-refractivity contribution in [3.63, 3.8) is 0 Å². The van der Waals surface area contributed by atoms with E-state index >= 15 is 0 Å². The van der Waals surface area contributed by atoms with Crippen molar-refractivity contribution >= 4 is 0 Å². The van der Waals surface area contributed by atoms with Crippen molar-refractivity contribution in [2.24, 2.45) is 0 Å². The van der Waals surface area contributed by atoms with Crippen LogP contribution in [0.25, 0.3) is 0 Å². The summed E-state index contributed by atoms with van der Waals surface area (Å²) in [7, 11) is 0. The van der Waals surface area contributed by atoms with Gasteiger partial charge in [-0.15, -0.1) is 0 Å². The Morgan fingerprint density at radius 3 is 0.360 bits per heavy atom. The number of benzene rings is 7. The van der Waals surface area contributed by atoms with Crippen LogP contribution in [0.2, 0.25) is 0 Å². The third-order valence-electron chi connectivity index (χ3n) is 14.6. The smallest absolute Gasteiger partial charge is 0.123 e. The van der Waals surface area contributed by atoms with E-state index in [2.05, 4.69) is 111 Å². The Morgan fingerprint density at radius 2 is 0.279 bits per heavy atom. The molecule has 12 nitrogen and oxygen atoms in total. The SMILES string of the molecule is CCOc1cc2c(OCC)cc1Cc1cc(OCC)c(cc1OCC)Cc1cc(OCC)c(cc1OCC)Cc1cc(OCC)c(cc1OCC)Cc1cc(OCC)c(cc1OCC)Cc1cc(OCC)c(cc1OCC)C2.Cc1ccc(C)cc1. The van der Waals surface area contributed by atoms with E-state index in [1.54, 1.807) is 0 Å². The minimum Gasteiger partial charge on any atom is -0.494 e. The van der Waals surface area contributed by atoms with Gasteiger partial charge in [-0.1, -0.05) is 35.4 Å². The monoisotopic (exact) mass is 1170 g/mol. The first-order valence-electron chi connectivity index (χ1n) is 31.4. The van der Waals surface area contributed by atoms with Crippen LogP contribution in [0.5, 0.6) is 69.0 Å². The lowest BCUT2D eigenvalue weighted by molar-refractivity contribution is 0.319. The summed E-state index contributed by atoms with van der Waals surface area (Å²) in [5.74, 6) is 9.17. The highest BCUT2D eigenvalue weighted by Crippen LogP contribution is 2.44. The van der Waals surface area contributed by atoms with E-state index in [1.807, 2.05) is 83.1 Å². The molecule has 0 heterocycles. The van der Waals surface area contributed by atoms with Gasteiger partial charge in [0.2, 0.25) is 0 Å². The van der Waals surface area contributed by atoms with E-state index in [0.717, 1.165) is 136 Å². The molecule has 462 valence electrons. The molecule has 0 fully saturated rings. The maximum atomic E-state index is 6.50. The summed E-state index contributed by atoms with van der Waals surface area (Å²) in [6, 6.07) is 33.9. The van der Waals surface area contributed by atoms with Gasteiger partial charge in [-0.25, -0.2) is 0 Å². The first-order chi connectivity index (χ1) is 41.9. The number of rotatable bonds is 24. The van der Waals surface area contributed by atoms with Crippen molar-refractivity contribution in [3.05, 3.63) is 175 Å². The van der Waals surface area contributed by atoms with Crippen LogP contribution in [-0.2, 0) is 38.5 Å². The highest BCUT2D eigenvalue weighted by Gasteiger charge is 2.25. The molecule has 23 rings (SSSR count). The second-order valence-electron chi connectivity index (χ2n) is 20.8. The van der Waals surface area contributed by atoms with Crippen LogP contribution < -0.4 is 56.8 Å². The zero-order valence-corrected chi connectivity index (χ0v) is 53.9. The van der Waals surface area contributed by atoms with Gasteiger partial charge in [0, 0.05) is 105 Å². The van der Waals surface area contributed by atoms with E-state index < -0.39 is 0 Å². The van der Waals surface area contributed by atoms with Crippen molar-refractivity contribution in [2.45, 2.75) is 135 Å². The normalized spacial score (nSPS) is 11.9. The lowest BCUT2D eigenvalue weighted by Crippen LogP contribution is -2.09. The number of hydrogen-bond acceptors (Lipinski definition) is 12. The minimum absolute atomic E-state index is 0.476. The average Bonchev–Trinajstić information content (AvgIpc) is 1.75. The molecule has 0 atom stereocenters. The van der Waals surface area contributed by atoms with E-state index in [9.17, 15) is 0 Å². The molecule has 12 bridgehead atoms. The van der Waals surface area contributed by atoms with Crippen molar-refractivity contribution in [1.29, 1.82) is 0 Å². The summed E-state index contributed by atoms with van der Waals surface area (Å²) >= 11 is 0. The molecule has 16 aliphatic rings. The summed E-state index contributed by atoms with van der Waals surface area (Å²) in [4.78, 5) is 0. The topological polar surface area (TPSA) is 111 Å². The van der Waals surface area contributed by atoms with E-state index in [-0.39, 0.29) is 0 Å². The minimum atomic E-state index is 0.476. The van der Waals surface area contributed by atoms with Crippen molar-refractivity contribution in [2.75, 3.05) is 79.3 Å². The Bertz CT molecular complexity index is 2570. The lowest BCUT2D eigenvalue weighted by Gasteiger charge is -2.23. The molecule has 7 aromatic rings. The molecule has 0 spiro atoms. The van der Waals surface area contributed by atoms with Gasteiger partial charge >= 0.3 is 0 Å². The van der Waals surface area contributed by atoms with Crippen LogP contribution in [0.1, 0.15) is 161 Å². The van der Waals surface area contributed by atoms with Crippen molar-refractivity contribution in [3.8, 4) is 69.0 Å². The predicted molar refractivity (Wildman–Crippen MR) is 345 cm³/mol. The summed E-state index contributed by atoms with van der Waals surface area (Å²) in [5, 5.41) is 0. The molecule has 0 N–H and O–H groups in total. The van der Waals surface area contributed by atoms with Crippen LogP contribution in [-0.4, -0.2) is 79.3 Å². The third-order valence-corrected chi connectivity index (χ3v) is 14.6. The third kappa shape index (κ3) is 17.2. The Morgan fingerprint density at radius 1 is 0.186 bits per heavy atom. The first kappa shape index (κ1) is 65.7. The molecule has 0 saturated heterocycles. The largest absolute Gasteiger partial charge is 0.494 e. The Labute approximate surface area is 513 Å². The van der Waals surface area contributed by atoms with Crippen LogP contribution in [0.15, 0.2) is 97.1 Å². The van der Waals surface area contributed by atoms with Gasteiger partial charge in [0.05, 0.1) is 79.3 Å². The van der Waals surface area contributed by atoms with Gasteiger partial charge in [-0.05, 0) is 170 Å². The van der Waals surface area contributed by atoms with Crippen LogP contribution >= 0.6 is 0 Å². The molecule has 7 aromatic carbocycles. The number of hydrogen-bond donors (Lipinski definition) is 0. The highest BCUT2D eigenvalue weighted by atomic mass is 16.5. The van der Waals surface area contributed by atoms with Crippen LogP contribution in [0, 0.1) is 13.8 Å². The summed E-state index contributed by atoms with van der Waals surface area (Å²) in [5.41, 5.74) is 14.2. The molecule has 12 heteroatoms. The Hall–Kier alpha value is -7.86. The zero-order valence-electron chi connectivity index (χ0n) is 53.9. The highest BCUT2D eigenvalue weighted by molar-refractivity contribution is 5.60. The van der Waals surface area contributed by atoms with E-state index in [1.165, 1.54) is 11.1 Å². The van der Waals surface area contributed by atoms with Crippen molar-refractivity contribution in [1.82, 2.24) is 0 Å². The Kier molecular flexibility index (Phi) is 25.3. The number of ether oxygens (including phenoxy) is 12. The molecule has 0 amide bonds. The number of aryl methyl sites for hydroxylation is 2. The molecule has 0 radical (unpaired) electrons. The fraction of sp³-hybridized carbons (Fsp3) is 0.432. The Balaban J connectivity index is 0.00000122. The van der Waals surface area contributed by atoms with Gasteiger partial charge in [-0.3, -0.25) is 0 Å². The predicted octanol–water partition coefficient (Wildman–Crippen LogP) is 16.6. The van der Waals surface area contributed by atoms with Gasteiger partial charge in [-0.2, -0.15) is 0 Å². The van der Waals surface area contributed by atoms with Gasteiger partial charge < -0.3 is 56.8 Å². The maximum absolute atomic E-state index is 6.50. The van der Waals surface area contributed by atoms with Crippen LogP contribution in [0.4, 0.5) is 0 Å². The molecule has 86 heavy (non-hydrogen) atoms. The van der Waals surface area contributed by atoms with Crippen molar-refractivity contribution < 1.29 is 56.8 Å². The first-order valence-corrected chi connectivity index (χ1v) is 31.4. The molecule has 16 aliphatic carbocycles.